The number of likely N-dealkylation sites (tertiary alicyclic amines) is 1. The first kappa shape index (κ1) is 20.7. The van der Waals surface area contributed by atoms with Gasteiger partial charge in [0, 0.05) is 13.1 Å². The van der Waals surface area contributed by atoms with E-state index in [0.717, 1.165) is 0 Å². The smallest absolute Gasteiger partial charge is 0.254 e. The van der Waals surface area contributed by atoms with Gasteiger partial charge in [-0.2, -0.15) is 5.26 Å². The van der Waals surface area contributed by atoms with Crippen LogP contribution in [0.3, 0.4) is 0 Å². The largest absolute Gasteiger partial charge is 0.457 e. The van der Waals surface area contributed by atoms with E-state index in [2.05, 4.69) is 11.2 Å². The molecule has 8 heteroatoms. The second kappa shape index (κ2) is 9.47. The Balaban J connectivity index is 1.79. The number of hydrogen-bond donors (Lipinski definition) is 3. The average Bonchev–Trinajstić information content (AvgIpc) is 2.75. The molecule has 1 amide bonds. The summed E-state index contributed by atoms with van der Waals surface area (Å²) in [7, 11) is 0. The molecule has 0 saturated carbocycles. The van der Waals surface area contributed by atoms with Gasteiger partial charge >= 0.3 is 0 Å². The number of carbonyl (C=O) groups excluding carboxylic acids is 1. The normalized spacial score (nSPS) is 15.8. The molecule has 6 N–H and O–H groups in total. The van der Waals surface area contributed by atoms with Crippen molar-refractivity contribution in [1.82, 2.24) is 4.90 Å². The number of rotatable bonds is 6. The number of nitrogens with two attached hydrogens (primary N) is 3. The Morgan fingerprint density at radius 1 is 1.00 bits per heavy atom. The quantitative estimate of drug-likeness (QED) is 0.290. The summed E-state index contributed by atoms with van der Waals surface area (Å²) in [5.74, 6) is 0.613. The lowest BCUT2D eigenvalue weighted by atomic mass is 10.0. The fourth-order valence-electron chi connectivity index (χ4n) is 3.22. The van der Waals surface area contributed by atoms with Crippen LogP contribution < -0.4 is 21.9 Å². The third kappa shape index (κ3) is 5.08. The molecule has 30 heavy (non-hydrogen) atoms. The fraction of sp³-hybridized carbons (Fsp3) is 0.227. The molecule has 0 bridgehead atoms. The summed E-state index contributed by atoms with van der Waals surface area (Å²) in [5, 5.41) is 8.94. The lowest BCUT2D eigenvalue weighted by Gasteiger charge is -2.26. The van der Waals surface area contributed by atoms with Gasteiger partial charge in [0.25, 0.3) is 5.91 Å². The van der Waals surface area contributed by atoms with E-state index in [-0.39, 0.29) is 23.1 Å². The molecule has 0 spiro atoms. The number of amidine groups is 1. The van der Waals surface area contributed by atoms with Crippen molar-refractivity contribution in [2.45, 2.75) is 18.9 Å². The van der Waals surface area contributed by atoms with Gasteiger partial charge in [0.05, 0.1) is 11.7 Å². The standard InChI is InChI=1S/C22H24N6O2/c23-14-28-12-10-16(11-13-28)27-21(25)19(22(26)29)20(24)15-6-8-18(9-7-15)30-17-4-2-1-3-5-17/h1-9,16H,10-13,24H2,(H2,25,27)(H2,26,29). The molecule has 0 radical (unpaired) electrons. The zero-order valence-corrected chi connectivity index (χ0v) is 16.5. The molecule has 0 aromatic heterocycles. The molecule has 1 saturated heterocycles. The first-order valence-corrected chi connectivity index (χ1v) is 9.59. The zero-order valence-electron chi connectivity index (χ0n) is 16.5. The van der Waals surface area contributed by atoms with Gasteiger partial charge in [-0.15, -0.1) is 0 Å². The molecule has 1 fully saturated rings. The van der Waals surface area contributed by atoms with Crippen LogP contribution in [0, 0.1) is 11.5 Å². The lowest BCUT2D eigenvalue weighted by Crippen LogP contribution is -2.35. The predicted octanol–water partition coefficient (Wildman–Crippen LogP) is 1.94. The molecule has 0 unspecified atom stereocenters. The Hall–Kier alpha value is -3.99. The van der Waals surface area contributed by atoms with Gasteiger partial charge in [-0.1, -0.05) is 18.2 Å². The minimum atomic E-state index is -0.743. The predicted molar refractivity (Wildman–Crippen MR) is 115 cm³/mol. The molecule has 1 aliphatic heterocycles. The van der Waals surface area contributed by atoms with E-state index in [1.807, 2.05) is 30.3 Å². The number of hydrogen-bond acceptors (Lipinski definition) is 6. The number of primary amides is 1. The van der Waals surface area contributed by atoms with Crippen LogP contribution in [0.5, 0.6) is 11.5 Å². The van der Waals surface area contributed by atoms with Crippen molar-refractivity contribution < 1.29 is 9.53 Å². The Morgan fingerprint density at radius 3 is 2.17 bits per heavy atom. The van der Waals surface area contributed by atoms with Crippen molar-refractivity contribution >= 4 is 17.4 Å². The van der Waals surface area contributed by atoms with Gasteiger partial charge in [-0.25, -0.2) is 0 Å². The monoisotopic (exact) mass is 404 g/mol. The van der Waals surface area contributed by atoms with E-state index in [9.17, 15) is 4.79 Å². The van der Waals surface area contributed by atoms with Crippen molar-refractivity contribution in [1.29, 1.82) is 5.26 Å². The van der Waals surface area contributed by atoms with Crippen LogP contribution in [0.4, 0.5) is 0 Å². The van der Waals surface area contributed by atoms with Crippen LogP contribution in [0.2, 0.25) is 0 Å². The van der Waals surface area contributed by atoms with Gasteiger partial charge in [0.2, 0.25) is 0 Å². The number of nitriles is 1. The lowest BCUT2D eigenvalue weighted by molar-refractivity contribution is -0.114. The van der Waals surface area contributed by atoms with Gasteiger partial charge < -0.3 is 26.8 Å². The molecule has 0 aliphatic carbocycles. The van der Waals surface area contributed by atoms with Crippen LogP contribution in [0.15, 0.2) is 65.2 Å². The van der Waals surface area contributed by atoms with Gasteiger partial charge in [-0.3, -0.25) is 9.79 Å². The fourth-order valence-corrected chi connectivity index (χ4v) is 3.22. The number of benzene rings is 2. The first-order valence-electron chi connectivity index (χ1n) is 9.59. The van der Waals surface area contributed by atoms with Crippen LogP contribution in [-0.2, 0) is 4.79 Å². The second-order valence-electron chi connectivity index (χ2n) is 6.92. The van der Waals surface area contributed by atoms with E-state index in [1.54, 1.807) is 29.2 Å². The van der Waals surface area contributed by atoms with Crippen molar-refractivity contribution in [3.8, 4) is 17.7 Å². The van der Waals surface area contributed by atoms with Crippen LogP contribution in [0.25, 0.3) is 5.70 Å². The highest BCUT2D eigenvalue weighted by Crippen LogP contribution is 2.24. The number of carbonyl (C=O) groups is 1. The van der Waals surface area contributed by atoms with Crippen molar-refractivity contribution in [3.05, 3.63) is 65.7 Å². The number of aliphatic imine (C=N–C) groups is 1. The third-order valence-electron chi connectivity index (χ3n) is 4.84. The summed E-state index contributed by atoms with van der Waals surface area (Å²) < 4.78 is 5.76. The number of piperidine rings is 1. The maximum Gasteiger partial charge on any atom is 0.254 e. The molecule has 2 aromatic rings. The van der Waals surface area contributed by atoms with Crippen LogP contribution >= 0.6 is 0 Å². The van der Waals surface area contributed by atoms with Crippen molar-refractivity contribution in [3.63, 3.8) is 0 Å². The molecule has 1 heterocycles. The third-order valence-corrected chi connectivity index (χ3v) is 4.84. The van der Waals surface area contributed by atoms with Crippen molar-refractivity contribution in [2.24, 2.45) is 22.2 Å². The molecule has 0 atom stereocenters. The van der Waals surface area contributed by atoms with E-state index in [0.29, 0.717) is 43.0 Å². The zero-order chi connectivity index (χ0) is 21.5. The summed E-state index contributed by atoms with van der Waals surface area (Å²) in [6.45, 7) is 1.21. The number of amides is 1. The topological polar surface area (TPSA) is 144 Å². The molecule has 8 nitrogen and oxygen atoms in total. The van der Waals surface area contributed by atoms with Crippen molar-refractivity contribution in [2.75, 3.05) is 13.1 Å². The summed E-state index contributed by atoms with van der Waals surface area (Å²) in [5.41, 5.74) is 18.6. The van der Waals surface area contributed by atoms with E-state index in [1.165, 1.54) is 0 Å². The molecular weight excluding hydrogens is 380 g/mol. The summed E-state index contributed by atoms with van der Waals surface area (Å²) in [4.78, 5) is 18.2. The summed E-state index contributed by atoms with van der Waals surface area (Å²) in [6, 6.07) is 16.3. The van der Waals surface area contributed by atoms with E-state index < -0.39 is 5.91 Å². The molecule has 1 aliphatic rings. The average molecular weight is 404 g/mol. The highest BCUT2D eigenvalue weighted by Gasteiger charge is 2.21. The summed E-state index contributed by atoms with van der Waals surface area (Å²) >= 11 is 0. The maximum absolute atomic E-state index is 12.1. The number of ether oxygens (including phenoxy) is 1. The Labute approximate surface area is 175 Å². The van der Waals surface area contributed by atoms with E-state index >= 15 is 0 Å². The molecule has 2 aromatic carbocycles. The highest BCUT2D eigenvalue weighted by molar-refractivity contribution is 6.24. The summed E-state index contributed by atoms with van der Waals surface area (Å²) in [6.07, 6.45) is 3.46. The highest BCUT2D eigenvalue weighted by atomic mass is 16.5. The molecular formula is C22H24N6O2. The number of para-hydroxylation sites is 1. The Morgan fingerprint density at radius 2 is 1.60 bits per heavy atom. The SMILES string of the molecule is N#CN1CCC(N=C(N)C(C(N)=O)=C(N)c2ccc(Oc3ccccc3)cc2)CC1. The van der Waals surface area contributed by atoms with Crippen LogP contribution in [0.1, 0.15) is 18.4 Å². The van der Waals surface area contributed by atoms with Gasteiger partial charge in [0.1, 0.15) is 22.9 Å². The maximum atomic E-state index is 12.1. The molecule has 3 rings (SSSR count). The minimum Gasteiger partial charge on any atom is -0.457 e. The van der Waals surface area contributed by atoms with Crippen LogP contribution in [-0.4, -0.2) is 35.8 Å². The Kier molecular flexibility index (Phi) is 6.55. The van der Waals surface area contributed by atoms with E-state index in [4.69, 9.17) is 27.2 Å². The minimum absolute atomic E-state index is 0.00515. The first-order chi connectivity index (χ1) is 14.5. The van der Waals surface area contributed by atoms with Gasteiger partial charge in [-0.05, 0) is 54.8 Å². The number of nitrogens with zero attached hydrogens (tertiary/aromatic N) is 3. The molecule has 154 valence electrons. The van der Waals surface area contributed by atoms with Gasteiger partial charge in [0.15, 0.2) is 6.19 Å². The second-order valence-corrected chi connectivity index (χ2v) is 6.92. The Bertz CT molecular complexity index is 985.